The van der Waals surface area contributed by atoms with Gasteiger partial charge in [-0.05, 0) is 31.5 Å². The Morgan fingerprint density at radius 2 is 2.05 bits per heavy atom. The molecule has 1 atom stereocenters. The first-order chi connectivity index (χ1) is 8.99. The zero-order valence-corrected chi connectivity index (χ0v) is 12.0. The van der Waals surface area contributed by atoms with Gasteiger partial charge >= 0.3 is 0 Å². The van der Waals surface area contributed by atoms with E-state index in [0.29, 0.717) is 24.7 Å². The maximum Gasteiger partial charge on any atom is 0.262 e. The third-order valence-corrected chi connectivity index (χ3v) is 2.64. The minimum absolute atomic E-state index is 0.0923. The Kier molecular flexibility index (Phi) is 5.63. The standard InChI is InChI=1S/C14H22N2O3/c1-5-18-13-8-11(9-15)6-7-12(13)19-10(2)14(17)16(3)4/h6-8,10H,5,9,15H2,1-4H3. The van der Waals surface area contributed by atoms with Crippen LogP contribution < -0.4 is 15.2 Å². The highest BCUT2D eigenvalue weighted by Crippen LogP contribution is 2.29. The van der Waals surface area contributed by atoms with E-state index in [0.717, 1.165) is 5.56 Å². The van der Waals surface area contributed by atoms with Crippen molar-refractivity contribution >= 4 is 5.91 Å². The van der Waals surface area contributed by atoms with Gasteiger partial charge in [0.15, 0.2) is 17.6 Å². The molecule has 19 heavy (non-hydrogen) atoms. The van der Waals surface area contributed by atoms with E-state index in [-0.39, 0.29) is 5.91 Å². The Balaban J connectivity index is 2.90. The smallest absolute Gasteiger partial charge is 0.262 e. The first-order valence-corrected chi connectivity index (χ1v) is 6.33. The molecule has 1 amide bonds. The number of nitrogens with zero attached hydrogens (tertiary/aromatic N) is 1. The predicted octanol–water partition coefficient (Wildman–Crippen LogP) is 1.40. The summed E-state index contributed by atoms with van der Waals surface area (Å²) in [4.78, 5) is 13.3. The van der Waals surface area contributed by atoms with Gasteiger partial charge in [-0.15, -0.1) is 0 Å². The molecule has 0 aliphatic carbocycles. The summed E-state index contributed by atoms with van der Waals surface area (Å²) in [5.74, 6) is 1.08. The summed E-state index contributed by atoms with van der Waals surface area (Å²) >= 11 is 0. The van der Waals surface area contributed by atoms with Gasteiger partial charge < -0.3 is 20.1 Å². The van der Waals surface area contributed by atoms with Crippen molar-refractivity contribution in [3.8, 4) is 11.5 Å². The van der Waals surface area contributed by atoms with E-state index < -0.39 is 6.10 Å². The molecule has 1 unspecified atom stereocenters. The molecule has 106 valence electrons. The fourth-order valence-electron chi connectivity index (χ4n) is 1.65. The van der Waals surface area contributed by atoms with Gasteiger partial charge in [-0.1, -0.05) is 6.07 Å². The van der Waals surface area contributed by atoms with E-state index >= 15 is 0 Å². The van der Waals surface area contributed by atoms with Crippen LogP contribution in [0.15, 0.2) is 18.2 Å². The average molecular weight is 266 g/mol. The highest BCUT2D eigenvalue weighted by atomic mass is 16.5. The molecule has 5 nitrogen and oxygen atoms in total. The van der Waals surface area contributed by atoms with Gasteiger partial charge in [-0.2, -0.15) is 0 Å². The molecular formula is C14H22N2O3. The van der Waals surface area contributed by atoms with Crippen molar-refractivity contribution in [2.45, 2.75) is 26.5 Å². The molecule has 0 radical (unpaired) electrons. The van der Waals surface area contributed by atoms with Crippen LogP contribution >= 0.6 is 0 Å². The molecule has 1 aromatic carbocycles. The zero-order valence-electron chi connectivity index (χ0n) is 12.0. The molecule has 0 spiro atoms. The molecule has 0 aliphatic rings. The van der Waals surface area contributed by atoms with Crippen LogP contribution in [0.25, 0.3) is 0 Å². The number of carbonyl (C=O) groups excluding carboxylic acids is 1. The summed E-state index contributed by atoms with van der Waals surface area (Å²) < 4.78 is 11.2. The number of likely N-dealkylation sites (N-methyl/N-ethyl adjacent to an activating group) is 1. The Hall–Kier alpha value is -1.75. The summed E-state index contributed by atoms with van der Waals surface area (Å²) in [6.45, 7) is 4.58. The van der Waals surface area contributed by atoms with Crippen LogP contribution in [0.2, 0.25) is 0 Å². The Morgan fingerprint density at radius 1 is 1.37 bits per heavy atom. The number of ether oxygens (including phenoxy) is 2. The lowest BCUT2D eigenvalue weighted by Gasteiger charge is -2.20. The lowest BCUT2D eigenvalue weighted by molar-refractivity contribution is -0.135. The van der Waals surface area contributed by atoms with Crippen molar-refractivity contribution < 1.29 is 14.3 Å². The van der Waals surface area contributed by atoms with Crippen LogP contribution in [-0.2, 0) is 11.3 Å². The fraction of sp³-hybridized carbons (Fsp3) is 0.500. The van der Waals surface area contributed by atoms with E-state index in [1.807, 2.05) is 19.1 Å². The molecule has 0 saturated heterocycles. The molecule has 0 heterocycles. The van der Waals surface area contributed by atoms with Gasteiger partial charge in [0.2, 0.25) is 0 Å². The summed E-state index contributed by atoms with van der Waals surface area (Å²) in [5.41, 5.74) is 6.56. The lowest BCUT2D eigenvalue weighted by Crippen LogP contribution is -2.35. The van der Waals surface area contributed by atoms with Crippen LogP contribution in [0, 0.1) is 0 Å². The number of nitrogens with two attached hydrogens (primary N) is 1. The maximum absolute atomic E-state index is 11.8. The Bertz CT molecular complexity index is 433. The summed E-state index contributed by atoms with van der Waals surface area (Å²) in [6, 6.07) is 5.49. The maximum atomic E-state index is 11.8. The van der Waals surface area contributed by atoms with Crippen LogP contribution in [0.5, 0.6) is 11.5 Å². The van der Waals surface area contributed by atoms with Crippen LogP contribution in [0.3, 0.4) is 0 Å². The summed E-state index contributed by atoms with van der Waals surface area (Å²) in [6.07, 6.45) is -0.557. The number of hydrogen-bond donors (Lipinski definition) is 1. The summed E-state index contributed by atoms with van der Waals surface area (Å²) in [5, 5.41) is 0. The highest BCUT2D eigenvalue weighted by molar-refractivity contribution is 5.80. The Morgan fingerprint density at radius 3 is 2.58 bits per heavy atom. The van der Waals surface area contributed by atoms with Crippen LogP contribution in [0.1, 0.15) is 19.4 Å². The van der Waals surface area contributed by atoms with Gasteiger partial charge in [0, 0.05) is 20.6 Å². The third-order valence-electron chi connectivity index (χ3n) is 2.64. The normalized spacial score (nSPS) is 11.8. The van der Waals surface area contributed by atoms with E-state index in [4.69, 9.17) is 15.2 Å². The van der Waals surface area contributed by atoms with Gasteiger partial charge in [0.1, 0.15) is 0 Å². The van der Waals surface area contributed by atoms with Gasteiger partial charge in [-0.3, -0.25) is 4.79 Å². The molecule has 0 bridgehead atoms. The molecule has 1 rings (SSSR count). The van der Waals surface area contributed by atoms with Gasteiger partial charge in [0.05, 0.1) is 6.61 Å². The van der Waals surface area contributed by atoms with E-state index in [9.17, 15) is 4.79 Å². The van der Waals surface area contributed by atoms with E-state index in [1.54, 1.807) is 27.1 Å². The zero-order chi connectivity index (χ0) is 14.4. The predicted molar refractivity (Wildman–Crippen MR) is 74.3 cm³/mol. The number of rotatable bonds is 6. The van der Waals surface area contributed by atoms with Crippen LogP contribution in [0.4, 0.5) is 0 Å². The minimum atomic E-state index is -0.557. The van der Waals surface area contributed by atoms with Gasteiger partial charge in [-0.25, -0.2) is 0 Å². The topological polar surface area (TPSA) is 64.8 Å². The van der Waals surface area contributed by atoms with Crippen molar-refractivity contribution in [3.63, 3.8) is 0 Å². The molecule has 5 heteroatoms. The molecule has 0 saturated carbocycles. The first-order valence-electron chi connectivity index (χ1n) is 6.33. The first kappa shape index (κ1) is 15.3. The second-order valence-electron chi connectivity index (χ2n) is 4.41. The summed E-state index contributed by atoms with van der Waals surface area (Å²) in [7, 11) is 3.40. The monoisotopic (exact) mass is 266 g/mol. The van der Waals surface area contributed by atoms with Crippen molar-refractivity contribution in [1.29, 1.82) is 0 Å². The third kappa shape index (κ3) is 4.13. The Labute approximate surface area is 114 Å². The average Bonchev–Trinajstić information content (AvgIpc) is 2.39. The number of carbonyl (C=O) groups is 1. The molecule has 1 aromatic rings. The fourth-order valence-corrected chi connectivity index (χ4v) is 1.65. The molecule has 2 N–H and O–H groups in total. The second-order valence-corrected chi connectivity index (χ2v) is 4.41. The largest absolute Gasteiger partial charge is 0.490 e. The molecule has 0 aliphatic heterocycles. The molecular weight excluding hydrogens is 244 g/mol. The number of amides is 1. The second kappa shape index (κ2) is 6.99. The van der Waals surface area contributed by atoms with E-state index in [1.165, 1.54) is 4.90 Å². The van der Waals surface area contributed by atoms with Crippen molar-refractivity contribution in [2.75, 3.05) is 20.7 Å². The SMILES string of the molecule is CCOc1cc(CN)ccc1OC(C)C(=O)N(C)C. The molecule has 0 aromatic heterocycles. The van der Waals surface area contributed by atoms with Crippen molar-refractivity contribution in [2.24, 2.45) is 5.73 Å². The lowest BCUT2D eigenvalue weighted by atomic mass is 10.2. The number of hydrogen-bond acceptors (Lipinski definition) is 4. The van der Waals surface area contributed by atoms with Crippen LogP contribution in [-0.4, -0.2) is 37.6 Å². The van der Waals surface area contributed by atoms with Crippen molar-refractivity contribution in [1.82, 2.24) is 4.90 Å². The number of benzene rings is 1. The minimum Gasteiger partial charge on any atom is -0.490 e. The highest BCUT2D eigenvalue weighted by Gasteiger charge is 2.18. The van der Waals surface area contributed by atoms with E-state index in [2.05, 4.69) is 0 Å². The van der Waals surface area contributed by atoms with Gasteiger partial charge in [0.25, 0.3) is 5.91 Å². The quantitative estimate of drug-likeness (QED) is 0.845. The molecule has 0 fully saturated rings. The van der Waals surface area contributed by atoms with Crippen molar-refractivity contribution in [3.05, 3.63) is 23.8 Å².